The van der Waals surface area contributed by atoms with Crippen LogP contribution in [0.4, 0.5) is 19.0 Å². The number of benzene rings is 2. The van der Waals surface area contributed by atoms with Crippen LogP contribution in [0.1, 0.15) is 38.7 Å². The summed E-state index contributed by atoms with van der Waals surface area (Å²) in [4.78, 5) is 15.6. The van der Waals surface area contributed by atoms with Crippen LogP contribution in [-0.4, -0.2) is 82.7 Å². The van der Waals surface area contributed by atoms with E-state index in [2.05, 4.69) is 31.1 Å². The molecule has 4 heterocycles. The van der Waals surface area contributed by atoms with Crippen molar-refractivity contribution < 1.29 is 32.5 Å². The number of terminal acetylenes is 1. The lowest BCUT2D eigenvalue weighted by molar-refractivity contribution is 0.0343. The van der Waals surface area contributed by atoms with Gasteiger partial charge >= 0.3 is 6.01 Å². The largest absolute Gasteiger partial charge is 0.508 e. The molecule has 0 saturated carbocycles. The number of ether oxygens (including phenoxy) is 3. The predicted molar refractivity (Wildman–Crippen MR) is 164 cm³/mol. The zero-order chi connectivity index (χ0) is 32.1. The molecule has 6 rings (SSSR count). The highest BCUT2D eigenvalue weighted by Gasteiger charge is 2.49. The van der Waals surface area contributed by atoms with Gasteiger partial charge in [0.2, 0.25) is 5.88 Å². The van der Waals surface area contributed by atoms with Crippen LogP contribution in [0.5, 0.6) is 17.6 Å². The average Bonchev–Trinajstić information content (AvgIpc) is 3.54. The molecule has 0 bridgehead atoms. The summed E-state index contributed by atoms with van der Waals surface area (Å²) in [6.07, 6.45) is 6.73. The van der Waals surface area contributed by atoms with E-state index >= 15 is 4.39 Å². The normalized spacial score (nSPS) is 20.0. The molecule has 2 saturated heterocycles. The van der Waals surface area contributed by atoms with E-state index in [1.807, 2.05) is 13.8 Å². The van der Waals surface area contributed by atoms with Crippen LogP contribution >= 0.6 is 0 Å². The number of rotatable bonds is 9. The Morgan fingerprint density at radius 3 is 2.71 bits per heavy atom. The summed E-state index contributed by atoms with van der Waals surface area (Å²) in [5.41, 5.74) is -1.64. The molecule has 0 spiro atoms. The van der Waals surface area contributed by atoms with Crippen molar-refractivity contribution in [2.75, 3.05) is 45.8 Å². The Labute approximate surface area is 258 Å². The maximum atomic E-state index is 16.8. The summed E-state index contributed by atoms with van der Waals surface area (Å²) >= 11 is 0. The lowest BCUT2D eigenvalue weighted by Gasteiger charge is -2.31. The molecule has 45 heavy (non-hydrogen) atoms. The number of nitrogens with zero attached hydrogens (tertiary/aromatic N) is 4. The number of pyridine rings is 1. The predicted octanol–water partition coefficient (Wildman–Crippen LogP) is 5.61. The van der Waals surface area contributed by atoms with Gasteiger partial charge in [0, 0.05) is 37.6 Å². The number of alkyl halides is 1. The van der Waals surface area contributed by atoms with Crippen molar-refractivity contribution in [2.24, 2.45) is 0 Å². The first-order valence-electron chi connectivity index (χ1n) is 14.7. The van der Waals surface area contributed by atoms with Crippen molar-refractivity contribution in [1.82, 2.24) is 19.9 Å². The van der Waals surface area contributed by atoms with Crippen molar-refractivity contribution in [3.63, 3.8) is 0 Å². The second-order valence-electron chi connectivity index (χ2n) is 12.2. The number of hydrogen-bond acceptors (Lipinski definition) is 9. The van der Waals surface area contributed by atoms with E-state index in [1.165, 1.54) is 31.4 Å². The first-order valence-corrected chi connectivity index (χ1v) is 14.7. The Bertz CT molecular complexity index is 1850. The molecule has 2 aromatic carbocycles. The molecule has 12 heteroatoms. The molecule has 2 N–H and O–H groups in total. The number of fused-ring (bicyclic) bond motifs is 3. The van der Waals surface area contributed by atoms with Crippen molar-refractivity contribution in [2.45, 2.75) is 50.4 Å². The second-order valence-corrected chi connectivity index (χ2v) is 12.2. The minimum atomic E-state index is -0.954. The first kappa shape index (κ1) is 30.7. The zero-order valence-electron chi connectivity index (χ0n) is 25.5. The zero-order valence-corrected chi connectivity index (χ0v) is 25.5. The topological polar surface area (TPSA) is 102 Å². The van der Waals surface area contributed by atoms with Crippen LogP contribution < -0.4 is 14.8 Å². The number of anilines is 1. The van der Waals surface area contributed by atoms with Crippen LogP contribution in [0.25, 0.3) is 32.9 Å². The maximum absolute atomic E-state index is 16.8. The third-order valence-corrected chi connectivity index (χ3v) is 8.84. The van der Waals surface area contributed by atoms with Gasteiger partial charge < -0.3 is 24.6 Å². The Kier molecular flexibility index (Phi) is 7.87. The third-order valence-electron chi connectivity index (χ3n) is 8.84. The number of phenols is 1. The molecular formula is C33H34F3N5O4. The minimum Gasteiger partial charge on any atom is -0.508 e. The average molecular weight is 622 g/mol. The van der Waals surface area contributed by atoms with Crippen molar-refractivity contribution in [1.29, 1.82) is 0 Å². The molecule has 0 unspecified atom stereocenters. The molecule has 9 nitrogen and oxygen atoms in total. The van der Waals surface area contributed by atoms with Crippen LogP contribution in [0, 0.1) is 24.0 Å². The number of nitrogens with one attached hydrogen (secondary N) is 1. The summed E-state index contributed by atoms with van der Waals surface area (Å²) in [6.45, 7) is 5.25. The Hall–Kier alpha value is -4.34. The molecule has 2 aliphatic heterocycles. The molecule has 0 amide bonds. The Morgan fingerprint density at radius 2 is 1.98 bits per heavy atom. The summed E-state index contributed by atoms with van der Waals surface area (Å²) < 4.78 is 63.3. The maximum Gasteiger partial charge on any atom is 0.319 e. The lowest BCUT2D eigenvalue weighted by atomic mass is 9.95. The molecule has 0 aliphatic carbocycles. The summed E-state index contributed by atoms with van der Waals surface area (Å²) in [7, 11) is 2.94. The van der Waals surface area contributed by atoms with Crippen molar-refractivity contribution >= 4 is 27.5 Å². The summed E-state index contributed by atoms with van der Waals surface area (Å²) in [5, 5.41) is 14.4. The van der Waals surface area contributed by atoms with E-state index in [0.29, 0.717) is 18.4 Å². The van der Waals surface area contributed by atoms with Gasteiger partial charge in [0.25, 0.3) is 0 Å². The van der Waals surface area contributed by atoms with Gasteiger partial charge in [-0.2, -0.15) is 9.97 Å². The van der Waals surface area contributed by atoms with Gasteiger partial charge in [-0.15, -0.1) is 6.42 Å². The molecule has 2 aromatic heterocycles. The minimum absolute atomic E-state index is 0.0301. The fourth-order valence-corrected chi connectivity index (χ4v) is 6.41. The van der Waals surface area contributed by atoms with Gasteiger partial charge in [-0.05, 0) is 56.8 Å². The van der Waals surface area contributed by atoms with E-state index in [9.17, 15) is 13.9 Å². The van der Waals surface area contributed by atoms with E-state index in [-0.39, 0.29) is 69.7 Å². The fraction of sp³-hybridized carbons (Fsp3) is 0.424. The third kappa shape index (κ3) is 5.44. The Morgan fingerprint density at radius 1 is 1.18 bits per heavy atom. The molecular weight excluding hydrogens is 587 g/mol. The number of phenolic OH excluding ortho intramolecular Hbond substituents is 1. The molecule has 2 atom stereocenters. The van der Waals surface area contributed by atoms with Gasteiger partial charge in [0.05, 0.1) is 23.8 Å². The highest BCUT2D eigenvalue weighted by atomic mass is 19.1. The molecule has 0 radical (unpaired) electrons. The second kappa shape index (κ2) is 11.5. The number of methoxy groups -OCH3 is 2. The first-order chi connectivity index (χ1) is 21.5. The number of aromatic nitrogens is 3. The van der Waals surface area contributed by atoms with Crippen LogP contribution in [0.15, 0.2) is 24.3 Å². The van der Waals surface area contributed by atoms with Gasteiger partial charge in [-0.3, -0.25) is 4.90 Å². The van der Waals surface area contributed by atoms with E-state index in [0.717, 1.165) is 19.4 Å². The summed E-state index contributed by atoms with van der Waals surface area (Å²) in [6, 6.07) is 5.16. The summed E-state index contributed by atoms with van der Waals surface area (Å²) in [5.74, 6) is 0.711. The van der Waals surface area contributed by atoms with Gasteiger partial charge in [0.15, 0.2) is 5.82 Å². The quantitative estimate of drug-likeness (QED) is 0.231. The highest BCUT2D eigenvalue weighted by Crippen LogP contribution is 2.43. The van der Waals surface area contributed by atoms with Crippen molar-refractivity contribution in [3.05, 3.63) is 41.5 Å². The molecule has 4 aromatic rings. The van der Waals surface area contributed by atoms with E-state index < -0.39 is 28.9 Å². The van der Waals surface area contributed by atoms with Gasteiger partial charge in [0.1, 0.15) is 46.8 Å². The lowest BCUT2D eigenvalue weighted by Crippen LogP contribution is -2.43. The standard InChI is InChI=1S/C33H34F3N5O4/c1-6-21-23(35)9-8-18-12-20(42)13-22(24(18)21)27-26(36)28-25(30(38-27)43-4)29(37-16-32(2,3)44-5)40-31(39-28)45-17-33-10-7-11-41(33)15-19(34)14-33/h1,8-9,12-13,19,42H,7,10-11,14-17H2,2-5H3,(H,37,39,40)/t19-,33+/m1/s1. The van der Waals surface area contributed by atoms with Crippen LogP contribution in [0.2, 0.25) is 0 Å². The monoisotopic (exact) mass is 621 g/mol. The van der Waals surface area contributed by atoms with E-state index in [1.54, 1.807) is 7.11 Å². The smallest absolute Gasteiger partial charge is 0.319 e. The number of halogens is 3. The Balaban J connectivity index is 1.54. The number of aromatic hydroxyl groups is 1. The molecule has 2 fully saturated rings. The van der Waals surface area contributed by atoms with Gasteiger partial charge in [-0.1, -0.05) is 12.0 Å². The SMILES string of the molecule is C#Cc1c(F)ccc2cc(O)cc(-c3nc(OC)c4c(NCC(C)(C)OC)nc(OC[C@@]56CCCN5C[C@H](F)C6)nc4c3F)c12. The highest BCUT2D eigenvalue weighted by molar-refractivity contribution is 6.04. The number of hydrogen-bond donors (Lipinski definition) is 2. The van der Waals surface area contributed by atoms with Crippen LogP contribution in [-0.2, 0) is 4.74 Å². The molecule has 236 valence electrons. The van der Waals surface area contributed by atoms with Crippen LogP contribution in [0.3, 0.4) is 0 Å². The molecule has 2 aliphatic rings. The van der Waals surface area contributed by atoms with Gasteiger partial charge in [-0.25, -0.2) is 18.2 Å². The fourth-order valence-electron chi connectivity index (χ4n) is 6.41. The van der Waals surface area contributed by atoms with E-state index in [4.69, 9.17) is 20.6 Å². The van der Waals surface area contributed by atoms with Crippen molar-refractivity contribution in [3.8, 4) is 41.2 Å².